The fraction of sp³-hybridized carbons (Fsp3) is 0.353. The zero-order valence-electron chi connectivity index (χ0n) is 13.0. The molecule has 0 spiro atoms. The molecule has 0 bridgehead atoms. The van der Waals surface area contributed by atoms with Crippen LogP contribution in [0.2, 0.25) is 25.7 Å². The van der Waals surface area contributed by atoms with Crippen molar-refractivity contribution >= 4 is 14.4 Å². The third-order valence-electron chi connectivity index (χ3n) is 3.38. The van der Waals surface area contributed by atoms with Gasteiger partial charge in [-0.25, -0.2) is 0 Å². The fourth-order valence-electron chi connectivity index (χ4n) is 2.07. The average Bonchev–Trinajstić information content (AvgIpc) is 2.87. The maximum absolute atomic E-state index is 11.2. The second-order valence-electron chi connectivity index (χ2n) is 6.46. The molecule has 2 aromatic rings. The Hall–Kier alpha value is -1.65. The van der Waals surface area contributed by atoms with Crippen molar-refractivity contribution in [3.63, 3.8) is 0 Å². The Morgan fingerprint density at radius 1 is 1.14 bits per heavy atom. The van der Waals surface area contributed by atoms with Gasteiger partial charge in [0.15, 0.2) is 6.29 Å². The van der Waals surface area contributed by atoms with Gasteiger partial charge in [0.2, 0.25) is 0 Å². The zero-order chi connectivity index (χ0) is 15.3. The average molecular weight is 301 g/mol. The molecule has 21 heavy (non-hydrogen) atoms. The molecule has 0 aliphatic heterocycles. The first-order valence-electron chi connectivity index (χ1n) is 7.28. The van der Waals surface area contributed by atoms with Gasteiger partial charge in [-0.15, -0.1) is 0 Å². The molecule has 0 saturated carbocycles. The summed E-state index contributed by atoms with van der Waals surface area (Å²) >= 11 is 0. The topological polar surface area (TPSA) is 31.2 Å². The Balaban J connectivity index is 2.03. The highest BCUT2D eigenvalue weighted by atomic mass is 28.3. The SMILES string of the molecule is C[Si](C)(C)CCOCn1cc(-c2ccccc2)cc1C=O. The number of rotatable bonds is 7. The van der Waals surface area contributed by atoms with Gasteiger partial charge in [-0.05, 0) is 17.7 Å². The summed E-state index contributed by atoms with van der Waals surface area (Å²) in [5, 5.41) is 0. The van der Waals surface area contributed by atoms with E-state index in [0.29, 0.717) is 12.4 Å². The number of benzene rings is 1. The summed E-state index contributed by atoms with van der Waals surface area (Å²) in [5.74, 6) is 0. The molecule has 1 aromatic carbocycles. The van der Waals surface area contributed by atoms with Crippen molar-refractivity contribution in [1.29, 1.82) is 0 Å². The quantitative estimate of drug-likeness (QED) is 0.434. The molecule has 0 fully saturated rings. The Morgan fingerprint density at radius 2 is 1.86 bits per heavy atom. The lowest BCUT2D eigenvalue weighted by molar-refractivity contribution is 0.0838. The summed E-state index contributed by atoms with van der Waals surface area (Å²) < 4.78 is 7.60. The van der Waals surface area contributed by atoms with E-state index in [1.165, 1.54) is 0 Å². The zero-order valence-corrected chi connectivity index (χ0v) is 14.0. The molecular formula is C17H23NO2Si. The van der Waals surface area contributed by atoms with E-state index in [1.807, 2.05) is 47.2 Å². The van der Waals surface area contributed by atoms with Crippen molar-refractivity contribution in [3.8, 4) is 11.1 Å². The van der Waals surface area contributed by atoms with Crippen molar-refractivity contribution in [2.24, 2.45) is 0 Å². The van der Waals surface area contributed by atoms with Gasteiger partial charge in [0.25, 0.3) is 0 Å². The molecular weight excluding hydrogens is 278 g/mol. The largest absolute Gasteiger partial charge is 0.361 e. The molecule has 0 amide bonds. The highest BCUT2D eigenvalue weighted by Gasteiger charge is 2.12. The molecule has 1 heterocycles. The number of carbonyl (C=O) groups is 1. The third kappa shape index (κ3) is 4.69. The summed E-state index contributed by atoms with van der Waals surface area (Å²) in [6.07, 6.45) is 2.86. The first kappa shape index (κ1) is 15.7. The van der Waals surface area contributed by atoms with Gasteiger partial charge in [-0.2, -0.15) is 0 Å². The van der Waals surface area contributed by atoms with Crippen LogP contribution in [-0.4, -0.2) is 25.5 Å². The van der Waals surface area contributed by atoms with E-state index in [0.717, 1.165) is 30.1 Å². The van der Waals surface area contributed by atoms with Crippen LogP contribution in [0.4, 0.5) is 0 Å². The van der Waals surface area contributed by atoms with Crippen LogP contribution in [0.5, 0.6) is 0 Å². The van der Waals surface area contributed by atoms with Gasteiger partial charge in [0.05, 0.1) is 5.69 Å². The van der Waals surface area contributed by atoms with E-state index in [2.05, 4.69) is 19.6 Å². The lowest BCUT2D eigenvalue weighted by Crippen LogP contribution is -2.22. The summed E-state index contributed by atoms with van der Waals surface area (Å²) in [6.45, 7) is 8.18. The van der Waals surface area contributed by atoms with Gasteiger partial charge in [-0.3, -0.25) is 4.79 Å². The molecule has 1 aromatic heterocycles. The number of hydrogen-bond donors (Lipinski definition) is 0. The van der Waals surface area contributed by atoms with Crippen LogP contribution in [0.3, 0.4) is 0 Å². The van der Waals surface area contributed by atoms with E-state index < -0.39 is 8.07 Å². The molecule has 112 valence electrons. The smallest absolute Gasteiger partial charge is 0.166 e. The van der Waals surface area contributed by atoms with Crippen LogP contribution in [0.15, 0.2) is 42.6 Å². The molecule has 0 radical (unpaired) electrons. The lowest BCUT2D eigenvalue weighted by atomic mass is 10.1. The number of nitrogens with zero attached hydrogens (tertiary/aromatic N) is 1. The number of ether oxygens (including phenoxy) is 1. The molecule has 2 rings (SSSR count). The molecule has 0 N–H and O–H groups in total. The van der Waals surface area contributed by atoms with Crippen LogP contribution < -0.4 is 0 Å². The normalized spacial score (nSPS) is 11.6. The predicted octanol–water partition coefficient (Wildman–Crippen LogP) is 4.28. The number of aromatic nitrogens is 1. The van der Waals surface area contributed by atoms with E-state index in [-0.39, 0.29) is 0 Å². The lowest BCUT2D eigenvalue weighted by Gasteiger charge is -2.15. The highest BCUT2D eigenvalue weighted by Crippen LogP contribution is 2.21. The van der Waals surface area contributed by atoms with Crippen LogP contribution in [-0.2, 0) is 11.5 Å². The number of aldehydes is 1. The first-order chi connectivity index (χ1) is 9.99. The van der Waals surface area contributed by atoms with Crippen LogP contribution >= 0.6 is 0 Å². The summed E-state index contributed by atoms with van der Waals surface area (Å²) in [4.78, 5) is 11.2. The molecule has 0 atom stereocenters. The molecule has 0 saturated heterocycles. The Bertz CT molecular complexity index is 585. The van der Waals surface area contributed by atoms with Crippen molar-refractivity contribution < 1.29 is 9.53 Å². The van der Waals surface area contributed by atoms with E-state index >= 15 is 0 Å². The summed E-state index contributed by atoms with van der Waals surface area (Å²) in [5.41, 5.74) is 2.81. The van der Waals surface area contributed by atoms with Crippen LogP contribution in [0.25, 0.3) is 11.1 Å². The minimum Gasteiger partial charge on any atom is -0.361 e. The summed E-state index contributed by atoms with van der Waals surface area (Å²) in [6, 6.07) is 13.1. The van der Waals surface area contributed by atoms with Gasteiger partial charge in [0, 0.05) is 26.4 Å². The second-order valence-corrected chi connectivity index (χ2v) is 12.1. The second kappa shape index (κ2) is 6.87. The molecule has 0 aliphatic carbocycles. The van der Waals surface area contributed by atoms with E-state index in [1.54, 1.807) is 0 Å². The number of carbonyl (C=O) groups excluding carboxylic acids is 1. The Morgan fingerprint density at radius 3 is 2.48 bits per heavy atom. The van der Waals surface area contributed by atoms with Gasteiger partial charge < -0.3 is 9.30 Å². The minimum atomic E-state index is -1.07. The monoisotopic (exact) mass is 301 g/mol. The number of hydrogen-bond acceptors (Lipinski definition) is 2. The highest BCUT2D eigenvalue weighted by molar-refractivity contribution is 6.76. The van der Waals surface area contributed by atoms with Crippen molar-refractivity contribution in [3.05, 3.63) is 48.3 Å². The summed E-state index contributed by atoms with van der Waals surface area (Å²) in [7, 11) is -1.07. The van der Waals surface area contributed by atoms with E-state index in [4.69, 9.17) is 4.74 Å². The first-order valence-corrected chi connectivity index (χ1v) is 11.0. The van der Waals surface area contributed by atoms with E-state index in [9.17, 15) is 4.79 Å². The van der Waals surface area contributed by atoms with Crippen LogP contribution in [0.1, 0.15) is 10.5 Å². The minimum absolute atomic E-state index is 0.436. The Labute approximate surface area is 127 Å². The third-order valence-corrected chi connectivity index (χ3v) is 5.09. The molecule has 3 nitrogen and oxygen atoms in total. The maximum Gasteiger partial charge on any atom is 0.166 e. The Kier molecular flexibility index (Phi) is 5.15. The van der Waals surface area contributed by atoms with Gasteiger partial charge >= 0.3 is 0 Å². The fourth-order valence-corrected chi connectivity index (χ4v) is 2.82. The standard InChI is InChI=1S/C17H23NO2Si/c1-21(2,3)10-9-20-14-18-12-16(11-17(18)13-19)15-7-5-4-6-8-15/h4-8,11-13H,9-10,14H2,1-3H3. The van der Waals surface area contributed by atoms with Gasteiger partial charge in [-0.1, -0.05) is 50.0 Å². The molecule has 4 heteroatoms. The van der Waals surface area contributed by atoms with Crippen molar-refractivity contribution in [1.82, 2.24) is 4.57 Å². The van der Waals surface area contributed by atoms with Crippen molar-refractivity contribution in [2.75, 3.05) is 6.61 Å². The van der Waals surface area contributed by atoms with Gasteiger partial charge in [0.1, 0.15) is 6.73 Å². The maximum atomic E-state index is 11.2. The predicted molar refractivity (Wildman–Crippen MR) is 89.4 cm³/mol. The molecule has 0 aliphatic rings. The molecule has 0 unspecified atom stereocenters. The van der Waals surface area contributed by atoms with Crippen molar-refractivity contribution in [2.45, 2.75) is 32.4 Å². The van der Waals surface area contributed by atoms with Crippen LogP contribution in [0, 0.1) is 0 Å².